The van der Waals surface area contributed by atoms with E-state index in [0.29, 0.717) is 6.04 Å². The fourth-order valence-corrected chi connectivity index (χ4v) is 3.95. The van der Waals surface area contributed by atoms with Crippen molar-refractivity contribution in [1.29, 1.82) is 0 Å². The van der Waals surface area contributed by atoms with Crippen molar-refractivity contribution in [2.45, 2.75) is 13.0 Å². The Morgan fingerprint density at radius 2 is 2.47 bits per heavy atom. The third-order valence-corrected chi connectivity index (χ3v) is 5.42. The van der Waals surface area contributed by atoms with E-state index in [2.05, 4.69) is 29.5 Å². The molecule has 1 unspecified atom stereocenters. The summed E-state index contributed by atoms with van der Waals surface area (Å²) in [6, 6.07) is 2.34. The third-order valence-electron chi connectivity index (χ3n) is 2.44. The van der Waals surface area contributed by atoms with Crippen LogP contribution in [0.3, 0.4) is 0 Å². The van der Waals surface area contributed by atoms with Crippen LogP contribution >= 0.6 is 45.7 Å². The van der Waals surface area contributed by atoms with Gasteiger partial charge in [-0.1, -0.05) is 0 Å². The summed E-state index contributed by atoms with van der Waals surface area (Å²) in [5, 5.41) is 1.96. The summed E-state index contributed by atoms with van der Waals surface area (Å²) >= 11 is 5.82. The molecule has 1 saturated heterocycles. The highest BCUT2D eigenvalue weighted by atomic mass is 127. The number of amides is 1. The highest BCUT2D eigenvalue weighted by Crippen LogP contribution is 2.22. The minimum atomic E-state index is 0.196. The zero-order valence-corrected chi connectivity index (χ0v) is 12.2. The van der Waals surface area contributed by atoms with Gasteiger partial charge in [-0.15, -0.1) is 11.3 Å². The zero-order valence-electron chi connectivity index (χ0n) is 8.40. The van der Waals surface area contributed by atoms with Crippen LogP contribution in [0.15, 0.2) is 11.4 Å². The first-order valence-corrected chi connectivity index (χ1v) is 7.92. The Morgan fingerprint density at radius 1 is 1.67 bits per heavy atom. The van der Waals surface area contributed by atoms with Crippen LogP contribution in [0.5, 0.6) is 0 Å². The second-order valence-corrected chi connectivity index (χ2v) is 7.52. The average Bonchev–Trinajstić information content (AvgIpc) is 2.65. The van der Waals surface area contributed by atoms with Gasteiger partial charge in [0.25, 0.3) is 5.91 Å². The number of thiophene rings is 1. The zero-order chi connectivity index (χ0) is 10.8. The maximum absolute atomic E-state index is 12.1. The molecule has 0 aromatic carbocycles. The normalized spacial score (nSPS) is 21.7. The predicted octanol–water partition coefficient (Wildman–Crippen LogP) is 2.93. The number of rotatable bonds is 1. The molecule has 1 fully saturated rings. The molecule has 0 spiro atoms. The van der Waals surface area contributed by atoms with Crippen LogP contribution in [0.4, 0.5) is 0 Å². The van der Waals surface area contributed by atoms with Crippen molar-refractivity contribution in [2.24, 2.45) is 0 Å². The van der Waals surface area contributed by atoms with Crippen molar-refractivity contribution in [3.8, 4) is 0 Å². The number of thioether (sulfide) groups is 1. The Labute approximate surface area is 112 Å². The first-order chi connectivity index (χ1) is 7.18. The van der Waals surface area contributed by atoms with E-state index in [-0.39, 0.29) is 5.91 Å². The summed E-state index contributed by atoms with van der Waals surface area (Å²) in [6.07, 6.45) is 0. The van der Waals surface area contributed by atoms with Crippen LogP contribution in [-0.2, 0) is 0 Å². The number of hydrogen-bond donors (Lipinski definition) is 0. The molecule has 2 nitrogen and oxygen atoms in total. The van der Waals surface area contributed by atoms with Gasteiger partial charge >= 0.3 is 0 Å². The molecule has 2 heterocycles. The fourth-order valence-electron chi connectivity index (χ4n) is 1.62. The lowest BCUT2D eigenvalue weighted by atomic mass is 10.2. The van der Waals surface area contributed by atoms with Gasteiger partial charge in [-0.3, -0.25) is 4.79 Å². The van der Waals surface area contributed by atoms with Crippen molar-refractivity contribution < 1.29 is 4.79 Å². The highest BCUT2D eigenvalue weighted by molar-refractivity contribution is 14.1. The average molecular weight is 353 g/mol. The Morgan fingerprint density at radius 3 is 3.07 bits per heavy atom. The Balaban J connectivity index is 2.13. The Bertz CT molecular complexity index is 366. The molecule has 0 aliphatic carbocycles. The first kappa shape index (κ1) is 11.7. The number of hydrogen-bond acceptors (Lipinski definition) is 3. The molecule has 1 aliphatic rings. The highest BCUT2D eigenvalue weighted by Gasteiger charge is 2.24. The van der Waals surface area contributed by atoms with Crippen molar-refractivity contribution in [3.05, 3.63) is 19.9 Å². The van der Waals surface area contributed by atoms with Crippen LogP contribution in [0.25, 0.3) is 0 Å². The molecule has 1 aromatic heterocycles. The molecule has 1 aliphatic heterocycles. The Hall–Kier alpha value is 0.250. The van der Waals surface area contributed by atoms with Crippen LogP contribution in [0.1, 0.15) is 17.3 Å². The third kappa shape index (κ3) is 2.68. The molecular weight excluding hydrogens is 341 g/mol. The predicted molar refractivity (Wildman–Crippen MR) is 74.9 cm³/mol. The quantitative estimate of drug-likeness (QED) is 0.724. The molecule has 5 heteroatoms. The largest absolute Gasteiger partial charge is 0.334 e. The summed E-state index contributed by atoms with van der Waals surface area (Å²) in [4.78, 5) is 14.1. The maximum atomic E-state index is 12.1. The number of carbonyl (C=O) groups is 1. The van der Waals surface area contributed by atoms with Crippen LogP contribution in [0.2, 0.25) is 0 Å². The molecule has 0 saturated carbocycles. The summed E-state index contributed by atoms with van der Waals surface area (Å²) in [5.41, 5.74) is 0.850. The van der Waals surface area contributed by atoms with E-state index in [4.69, 9.17) is 0 Å². The SMILES string of the molecule is CC1CSCCN1C(=O)c1csc(I)c1. The smallest absolute Gasteiger partial charge is 0.255 e. The molecule has 1 atom stereocenters. The van der Waals surface area contributed by atoms with E-state index >= 15 is 0 Å². The lowest BCUT2D eigenvalue weighted by molar-refractivity contribution is 0.0716. The number of carbonyl (C=O) groups excluding carboxylic acids is 1. The number of nitrogens with zero attached hydrogens (tertiary/aromatic N) is 1. The van der Waals surface area contributed by atoms with Gasteiger partial charge in [0, 0.05) is 29.5 Å². The van der Waals surface area contributed by atoms with E-state index in [9.17, 15) is 4.79 Å². The second kappa shape index (κ2) is 5.05. The monoisotopic (exact) mass is 353 g/mol. The van der Waals surface area contributed by atoms with Crippen LogP contribution in [-0.4, -0.2) is 34.9 Å². The fraction of sp³-hybridized carbons (Fsp3) is 0.500. The van der Waals surface area contributed by atoms with Gasteiger partial charge in [-0.05, 0) is 35.6 Å². The van der Waals surface area contributed by atoms with Gasteiger partial charge in [-0.25, -0.2) is 0 Å². The maximum Gasteiger partial charge on any atom is 0.255 e. The number of halogens is 1. The van der Waals surface area contributed by atoms with Crippen molar-refractivity contribution in [2.75, 3.05) is 18.1 Å². The molecule has 82 valence electrons. The van der Waals surface area contributed by atoms with Gasteiger partial charge in [0.05, 0.1) is 8.45 Å². The summed E-state index contributed by atoms with van der Waals surface area (Å²) in [7, 11) is 0. The summed E-state index contributed by atoms with van der Waals surface area (Å²) in [6.45, 7) is 3.01. The van der Waals surface area contributed by atoms with Gasteiger partial charge in [0.2, 0.25) is 0 Å². The second-order valence-electron chi connectivity index (χ2n) is 3.56. The molecular formula is C10H12INOS2. The summed E-state index contributed by atoms with van der Waals surface area (Å²) in [5.74, 6) is 2.33. The molecule has 1 amide bonds. The lowest BCUT2D eigenvalue weighted by Crippen LogP contribution is -2.44. The minimum absolute atomic E-state index is 0.196. The van der Waals surface area contributed by atoms with E-state index in [1.54, 1.807) is 11.3 Å². The Kier molecular flexibility index (Phi) is 3.95. The standard InChI is InChI=1S/C10H12INOS2/c1-7-5-14-3-2-12(7)10(13)8-4-9(11)15-6-8/h4,6-7H,2-3,5H2,1H3. The van der Waals surface area contributed by atoms with Crippen molar-refractivity contribution in [3.63, 3.8) is 0 Å². The lowest BCUT2D eigenvalue weighted by Gasteiger charge is -2.32. The molecule has 0 radical (unpaired) electrons. The van der Waals surface area contributed by atoms with Gasteiger partial charge in [0.1, 0.15) is 0 Å². The minimum Gasteiger partial charge on any atom is -0.334 e. The molecule has 2 rings (SSSR count). The van der Waals surface area contributed by atoms with E-state index in [0.717, 1.165) is 23.6 Å². The topological polar surface area (TPSA) is 20.3 Å². The van der Waals surface area contributed by atoms with Crippen LogP contribution in [0, 0.1) is 2.88 Å². The van der Waals surface area contributed by atoms with E-state index in [1.165, 1.54) is 2.88 Å². The van der Waals surface area contributed by atoms with Gasteiger partial charge in [-0.2, -0.15) is 11.8 Å². The first-order valence-electron chi connectivity index (χ1n) is 4.81. The molecule has 0 bridgehead atoms. The summed E-state index contributed by atoms with van der Waals surface area (Å²) < 4.78 is 1.18. The van der Waals surface area contributed by atoms with Crippen LogP contribution < -0.4 is 0 Å². The van der Waals surface area contributed by atoms with Crippen molar-refractivity contribution in [1.82, 2.24) is 4.90 Å². The van der Waals surface area contributed by atoms with Gasteiger partial charge < -0.3 is 4.90 Å². The van der Waals surface area contributed by atoms with Gasteiger partial charge in [0.15, 0.2) is 0 Å². The van der Waals surface area contributed by atoms with E-state index < -0.39 is 0 Å². The van der Waals surface area contributed by atoms with Crippen molar-refractivity contribution >= 4 is 51.6 Å². The molecule has 15 heavy (non-hydrogen) atoms. The molecule has 0 N–H and O–H groups in total. The molecule has 1 aromatic rings. The van der Waals surface area contributed by atoms with E-state index in [1.807, 2.05) is 28.1 Å².